The summed E-state index contributed by atoms with van der Waals surface area (Å²) in [7, 11) is 0. The van der Waals surface area contributed by atoms with Crippen LogP contribution in [-0.4, -0.2) is 31.9 Å². The molecular weight excluding hydrogens is 378 g/mol. The number of nitro groups is 1. The number of aryl methyl sites for hydroxylation is 1. The Bertz CT molecular complexity index is 1120. The highest BCUT2D eigenvalue weighted by Gasteiger charge is 2.36. The van der Waals surface area contributed by atoms with Crippen LogP contribution in [0.2, 0.25) is 0 Å². The molecule has 0 unspecified atom stereocenters. The molecule has 0 spiro atoms. The highest BCUT2D eigenvalue weighted by atomic mass is 32.2. The predicted molar refractivity (Wildman–Crippen MR) is 108 cm³/mol. The maximum atomic E-state index is 12.4. The fourth-order valence-corrected chi connectivity index (χ4v) is 3.75. The molecule has 0 fully saturated rings. The molecule has 0 saturated carbocycles. The van der Waals surface area contributed by atoms with Crippen molar-refractivity contribution in [2.75, 3.05) is 0 Å². The second-order valence-electron chi connectivity index (χ2n) is 6.09. The first-order valence-electron chi connectivity index (χ1n) is 8.25. The number of carbonyl (C=O) groups is 1. The highest BCUT2D eigenvalue weighted by molar-refractivity contribution is 8.27. The number of amidine groups is 2. The van der Waals surface area contributed by atoms with Crippen molar-refractivity contribution in [3.63, 3.8) is 0 Å². The van der Waals surface area contributed by atoms with E-state index in [0.717, 1.165) is 11.1 Å². The Morgan fingerprint density at radius 2 is 1.89 bits per heavy atom. The van der Waals surface area contributed by atoms with Gasteiger partial charge < -0.3 is 0 Å². The van der Waals surface area contributed by atoms with Gasteiger partial charge in [-0.15, -0.1) is 0 Å². The zero-order valence-electron chi connectivity index (χ0n) is 14.6. The molecule has 0 bridgehead atoms. The summed E-state index contributed by atoms with van der Waals surface area (Å²) in [5.74, 6) is -0.618. The zero-order chi connectivity index (χ0) is 19.8. The molecule has 1 amide bonds. The molecular formula is C19H13N5O3S. The molecule has 2 aliphatic heterocycles. The number of carbonyl (C=O) groups excluding carboxylic acids is 1. The number of rotatable bonds is 3. The summed E-state index contributed by atoms with van der Waals surface area (Å²) in [6.07, 6.45) is 1.49. The molecule has 0 aromatic heterocycles. The first kappa shape index (κ1) is 17.8. The Hall–Kier alpha value is -3.59. The second-order valence-corrected chi connectivity index (χ2v) is 7.04. The van der Waals surface area contributed by atoms with Crippen LogP contribution >= 0.6 is 11.8 Å². The molecule has 4 rings (SSSR count). The van der Waals surface area contributed by atoms with Crippen LogP contribution in [0.5, 0.6) is 0 Å². The number of amides is 1. The predicted octanol–water partition coefficient (Wildman–Crippen LogP) is 3.57. The standard InChI is InChI=1S/C19H13N5O3S/c1-11-4-2-3-5-14(11)18-22-23-16(20)15(17(25)21-19(23)28-18)10-12-6-8-13(9-7-12)24(26)27/h2-10,20H,1H3. The summed E-state index contributed by atoms with van der Waals surface area (Å²) < 4.78 is 0. The largest absolute Gasteiger partial charge is 0.283 e. The van der Waals surface area contributed by atoms with E-state index in [0.29, 0.717) is 15.8 Å². The van der Waals surface area contributed by atoms with Crippen LogP contribution in [0.1, 0.15) is 16.7 Å². The Morgan fingerprint density at radius 3 is 2.57 bits per heavy atom. The zero-order valence-corrected chi connectivity index (χ0v) is 15.4. The van der Waals surface area contributed by atoms with Gasteiger partial charge in [0.05, 0.1) is 10.5 Å². The number of nitro benzene ring substituents is 1. The van der Waals surface area contributed by atoms with E-state index in [1.54, 1.807) is 0 Å². The molecule has 2 aliphatic rings. The van der Waals surface area contributed by atoms with Crippen LogP contribution in [0.4, 0.5) is 5.69 Å². The van der Waals surface area contributed by atoms with Gasteiger partial charge in [-0.25, -0.2) is 0 Å². The number of fused-ring (bicyclic) bond motifs is 1. The van der Waals surface area contributed by atoms with E-state index in [2.05, 4.69) is 10.1 Å². The van der Waals surface area contributed by atoms with E-state index >= 15 is 0 Å². The molecule has 2 heterocycles. The number of benzene rings is 2. The molecule has 2 aromatic carbocycles. The van der Waals surface area contributed by atoms with Crippen molar-refractivity contribution in [1.82, 2.24) is 5.01 Å². The molecule has 28 heavy (non-hydrogen) atoms. The highest BCUT2D eigenvalue weighted by Crippen LogP contribution is 2.31. The van der Waals surface area contributed by atoms with Crippen molar-refractivity contribution in [1.29, 1.82) is 5.41 Å². The number of hydrazone groups is 1. The van der Waals surface area contributed by atoms with Gasteiger partial charge in [-0.3, -0.25) is 20.3 Å². The topological polar surface area (TPSA) is 112 Å². The van der Waals surface area contributed by atoms with E-state index < -0.39 is 10.8 Å². The van der Waals surface area contributed by atoms with Crippen molar-refractivity contribution in [3.8, 4) is 0 Å². The fraction of sp³-hybridized carbons (Fsp3) is 0.0526. The van der Waals surface area contributed by atoms with Crippen LogP contribution in [0.25, 0.3) is 6.08 Å². The maximum absolute atomic E-state index is 12.4. The lowest BCUT2D eigenvalue weighted by molar-refractivity contribution is -0.384. The average Bonchev–Trinajstić information content (AvgIpc) is 3.09. The molecule has 0 radical (unpaired) electrons. The lowest BCUT2D eigenvalue weighted by atomic mass is 10.1. The van der Waals surface area contributed by atoms with E-state index in [9.17, 15) is 14.9 Å². The third-order valence-electron chi connectivity index (χ3n) is 4.24. The van der Waals surface area contributed by atoms with Crippen molar-refractivity contribution >= 4 is 45.5 Å². The molecule has 2 aromatic rings. The van der Waals surface area contributed by atoms with E-state index in [1.165, 1.54) is 47.1 Å². The van der Waals surface area contributed by atoms with Crippen LogP contribution < -0.4 is 0 Å². The number of nitrogens with one attached hydrogen (secondary N) is 1. The number of nitrogens with zero attached hydrogens (tertiary/aromatic N) is 4. The van der Waals surface area contributed by atoms with Gasteiger partial charge in [0.1, 0.15) is 5.04 Å². The number of thioether (sulfide) groups is 1. The summed E-state index contributed by atoms with van der Waals surface area (Å²) in [4.78, 5) is 26.8. The summed E-state index contributed by atoms with van der Waals surface area (Å²) in [5, 5.41) is 26.0. The summed E-state index contributed by atoms with van der Waals surface area (Å²) in [5.41, 5.74) is 2.55. The van der Waals surface area contributed by atoms with Gasteiger partial charge in [0.15, 0.2) is 5.84 Å². The van der Waals surface area contributed by atoms with Gasteiger partial charge in [0.2, 0.25) is 5.17 Å². The first-order chi connectivity index (χ1) is 13.4. The third kappa shape index (κ3) is 3.12. The monoisotopic (exact) mass is 391 g/mol. The van der Waals surface area contributed by atoms with Crippen LogP contribution in [0.15, 0.2) is 64.2 Å². The number of hydrogen-bond acceptors (Lipinski definition) is 6. The van der Waals surface area contributed by atoms with Crippen molar-refractivity contribution < 1.29 is 9.72 Å². The van der Waals surface area contributed by atoms with Gasteiger partial charge in [-0.05, 0) is 48.0 Å². The number of hydrogen-bond donors (Lipinski definition) is 1. The summed E-state index contributed by atoms with van der Waals surface area (Å²) in [6, 6.07) is 13.5. The molecule has 0 atom stereocenters. The van der Waals surface area contributed by atoms with Gasteiger partial charge in [-0.2, -0.15) is 15.1 Å². The molecule has 138 valence electrons. The first-order valence-corrected chi connectivity index (χ1v) is 9.06. The van der Waals surface area contributed by atoms with Gasteiger partial charge in [0, 0.05) is 17.7 Å². The minimum Gasteiger partial charge on any atom is -0.282 e. The second kappa shape index (κ2) is 6.86. The van der Waals surface area contributed by atoms with E-state index in [1.807, 2.05) is 31.2 Å². The Kier molecular flexibility index (Phi) is 4.36. The molecule has 0 saturated heterocycles. The van der Waals surface area contributed by atoms with Crippen molar-refractivity contribution in [2.24, 2.45) is 10.1 Å². The van der Waals surface area contributed by atoms with Gasteiger partial charge in [0.25, 0.3) is 11.6 Å². The van der Waals surface area contributed by atoms with Crippen molar-refractivity contribution in [2.45, 2.75) is 6.92 Å². The average molecular weight is 391 g/mol. The van der Waals surface area contributed by atoms with E-state index in [-0.39, 0.29) is 17.1 Å². The Balaban J connectivity index is 1.67. The molecule has 0 aliphatic carbocycles. The minimum atomic E-state index is -0.539. The summed E-state index contributed by atoms with van der Waals surface area (Å²) >= 11 is 1.24. The number of aliphatic imine (C=N–C) groups is 1. The molecule has 8 nitrogen and oxygen atoms in total. The quantitative estimate of drug-likeness (QED) is 0.488. The van der Waals surface area contributed by atoms with Gasteiger partial charge >= 0.3 is 0 Å². The smallest absolute Gasteiger partial charge is 0.282 e. The van der Waals surface area contributed by atoms with Gasteiger partial charge in [-0.1, -0.05) is 24.3 Å². The fourth-order valence-electron chi connectivity index (χ4n) is 2.77. The molecule has 9 heteroatoms. The third-order valence-corrected chi connectivity index (χ3v) is 5.19. The lowest BCUT2D eigenvalue weighted by Gasteiger charge is -2.20. The maximum Gasteiger partial charge on any atom is 0.283 e. The Labute approximate surface area is 163 Å². The molecule has 1 N–H and O–H groups in total. The minimum absolute atomic E-state index is 0.0454. The SMILES string of the molecule is Cc1ccccc1C1=NN2C(=N)C(=Cc3ccc([N+](=O)[O-])cc3)C(=O)N=C2S1. The van der Waals surface area contributed by atoms with Crippen LogP contribution in [0, 0.1) is 22.4 Å². The Morgan fingerprint density at radius 1 is 1.18 bits per heavy atom. The van der Waals surface area contributed by atoms with E-state index in [4.69, 9.17) is 5.41 Å². The normalized spacial score (nSPS) is 17.5. The number of non-ortho nitro benzene ring substituents is 1. The van der Waals surface area contributed by atoms with Crippen LogP contribution in [0.3, 0.4) is 0 Å². The van der Waals surface area contributed by atoms with Crippen molar-refractivity contribution in [3.05, 3.63) is 80.9 Å². The lowest BCUT2D eigenvalue weighted by Crippen LogP contribution is -2.35. The summed E-state index contributed by atoms with van der Waals surface area (Å²) in [6.45, 7) is 1.97. The van der Waals surface area contributed by atoms with Crippen LogP contribution in [-0.2, 0) is 4.79 Å².